The van der Waals surface area contributed by atoms with Gasteiger partial charge in [0.25, 0.3) is 5.91 Å². The summed E-state index contributed by atoms with van der Waals surface area (Å²) in [4.78, 5) is 14.1. The zero-order valence-electron chi connectivity index (χ0n) is 12.8. The van der Waals surface area contributed by atoms with E-state index in [2.05, 4.69) is 62.3 Å². The summed E-state index contributed by atoms with van der Waals surface area (Å²) in [5, 5.41) is 0. The molecule has 0 aromatic heterocycles. The van der Waals surface area contributed by atoms with Crippen LogP contribution in [0.5, 0.6) is 0 Å². The first-order valence-electron chi connectivity index (χ1n) is 6.88. The average Bonchev–Trinajstić information content (AvgIpc) is 2.35. The second-order valence-electron chi connectivity index (χ2n) is 6.06. The maximum Gasteiger partial charge on any atom is 0.256 e. The normalized spacial score (nSPS) is 18.1. The Bertz CT molecular complexity index is 575. The number of anilines is 1. The molecule has 1 aliphatic rings. The van der Waals surface area contributed by atoms with Gasteiger partial charge in [-0.25, -0.2) is 5.84 Å². The monoisotopic (exact) mass is 273 g/mol. The quantitative estimate of drug-likeness (QED) is 0.494. The van der Waals surface area contributed by atoms with Crippen LogP contribution in [-0.2, 0) is 4.79 Å². The van der Waals surface area contributed by atoms with E-state index in [9.17, 15) is 4.79 Å². The molecule has 0 saturated carbocycles. The van der Waals surface area contributed by atoms with Crippen LogP contribution >= 0.6 is 0 Å². The lowest BCUT2D eigenvalue weighted by atomic mass is 9.87. The number of nitrogens with two attached hydrogens (primary N) is 1. The lowest BCUT2D eigenvalue weighted by Crippen LogP contribution is -2.56. The van der Waals surface area contributed by atoms with Crippen LogP contribution in [0.1, 0.15) is 38.8 Å². The van der Waals surface area contributed by atoms with Gasteiger partial charge >= 0.3 is 0 Å². The molecule has 1 heterocycles. The van der Waals surface area contributed by atoms with E-state index >= 15 is 0 Å². The molecule has 4 nitrogen and oxygen atoms in total. The fourth-order valence-electron chi connectivity index (χ4n) is 3.11. The lowest BCUT2D eigenvalue weighted by Gasteiger charge is -2.46. The van der Waals surface area contributed by atoms with Crippen LogP contribution in [0.3, 0.4) is 0 Å². The summed E-state index contributed by atoms with van der Waals surface area (Å²) in [5.74, 6) is 5.12. The van der Waals surface area contributed by atoms with Gasteiger partial charge in [0.15, 0.2) is 0 Å². The third-order valence-corrected chi connectivity index (χ3v) is 3.94. The van der Waals surface area contributed by atoms with Gasteiger partial charge in [-0.05, 0) is 51.8 Å². The van der Waals surface area contributed by atoms with Crippen molar-refractivity contribution in [2.75, 3.05) is 4.90 Å². The van der Waals surface area contributed by atoms with Crippen molar-refractivity contribution >= 4 is 17.2 Å². The van der Waals surface area contributed by atoms with E-state index < -0.39 is 0 Å². The zero-order chi connectivity index (χ0) is 15.1. The topological polar surface area (TPSA) is 58.4 Å². The number of benzene rings is 1. The molecule has 1 aromatic rings. The number of fused-ring (bicyclic) bond motifs is 1. The standard InChI is InChI=1S/C16H23N3O/c1-10-6-7-13-11(2)9-16(4,5)19(14(13)8-10)12(3)15(20)18-17/h6-9,12H,17H2,1-5H3,(H,18,20). The van der Waals surface area contributed by atoms with E-state index in [0.29, 0.717) is 0 Å². The average molecular weight is 273 g/mol. The first-order valence-corrected chi connectivity index (χ1v) is 6.88. The number of hydrazine groups is 1. The Hall–Kier alpha value is -1.81. The molecule has 1 unspecified atom stereocenters. The van der Waals surface area contributed by atoms with Crippen LogP contribution in [0.2, 0.25) is 0 Å². The Balaban J connectivity index is 2.61. The van der Waals surface area contributed by atoms with Crippen molar-refractivity contribution in [3.8, 4) is 0 Å². The number of carbonyl (C=O) groups is 1. The van der Waals surface area contributed by atoms with E-state index in [4.69, 9.17) is 5.84 Å². The SMILES string of the molecule is CC1=CC(C)(C)N(C(C)C(=O)NN)c2cc(C)ccc21. The Morgan fingerprint density at radius 2 is 2.00 bits per heavy atom. The number of hydrogen-bond donors (Lipinski definition) is 2. The highest BCUT2D eigenvalue weighted by Crippen LogP contribution is 2.40. The second-order valence-corrected chi connectivity index (χ2v) is 6.06. The number of nitrogens with one attached hydrogen (secondary N) is 1. The van der Waals surface area contributed by atoms with Crippen molar-refractivity contribution in [3.05, 3.63) is 35.4 Å². The maximum absolute atomic E-state index is 12.0. The molecule has 0 aliphatic carbocycles. The third-order valence-electron chi connectivity index (χ3n) is 3.94. The molecule has 1 amide bonds. The predicted molar refractivity (Wildman–Crippen MR) is 83.2 cm³/mol. The van der Waals surface area contributed by atoms with E-state index in [1.165, 1.54) is 16.7 Å². The first kappa shape index (κ1) is 14.6. The molecule has 2 rings (SSSR count). The Morgan fingerprint density at radius 1 is 1.35 bits per heavy atom. The molecule has 1 atom stereocenters. The molecule has 0 spiro atoms. The second kappa shape index (κ2) is 4.94. The summed E-state index contributed by atoms with van der Waals surface area (Å²) in [7, 11) is 0. The summed E-state index contributed by atoms with van der Waals surface area (Å²) in [6.45, 7) is 10.3. The first-order chi connectivity index (χ1) is 9.27. The van der Waals surface area contributed by atoms with Crippen molar-refractivity contribution in [2.24, 2.45) is 5.84 Å². The van der Waals surface area contributed by atoms with E-state index in [1.807, 2.05) is 6.92 Å². The molecular weight excluding hydrogens is 250 g/mol. The lowest BCUT2D eigenvalue weighted by molar-refractivity contribution is -0.122. The highest BCUT2D eigenvalue weighted by Gasteiger charge is 2.36. The molecule has 1 aromatic carbocycles. The summed E-state index contributed by atoms with van der Waals surface area (Å²) in [6, 6.07) is 6.01. The largest absolute Gasteiger partial charge is 0.351 e. The Kier molecular flexibility index (Phi) is 3.61. The zero-order valence-corrected chi connectivity index (χ0v) is 12.8. The summed E-state index contributed by atoms with van der Waals surface area (Å²) in [6.07, 6.45) is 2.20. The molecule has 3 N–H and O–H groups in total. The minimum absolute atomic E-state index is 0.182. The summed E-state index contributed by atoms with van der Waals surface area (Å²) < 4.78 is 0. The number of allylic oxidation sites excluding steroid dienone is 1. The van der Waals surface area contributed by atoms with Crippen LogP contribution < -0.4 is 16.2 Å². The Morgan fingerprint density at radius 3 is 2.60 bits per heavy atom. The van der Waals surface area contributed by atoms with Crippen LogP contribution in [-0.4, -0.2) is 17.5 Å². The van der Waals surface area contributed by atoms with Crippen LogP contribution in [0.4, 0.5) is 5.69 Å². The van der Waals surface area contributed by atoms with Crippen molar-refractivity contribution in [1.82, 2.24) is 5.43 Å². The fourth-order valence-corrected chi connectivity index (χ4v) is 3.11. The highest BCUT2D eigenvalue weighted by atomic mass is 16.2. The molecule has 0 fully saturated rings. The van der Waals surface area contributed by atoms with E-state index in [1.54, 1.807) is 0 Å². The molecule has 1 aliphatic heterocycles. The van der Waals surface area contributed by atoms with Gasteiger partial charge in [0.05, 0.1) is 5.54 Å². The number of aryl methyl sites for hydroxylation is 1. The number of carbonyl (C=O) groups excluding carboxylic acids is 1. The summed E-state index contributed by atoms with van der Waals surface area (Å²) >= 11 is 0. The van der Waals surface area contributed by atoms with Gasteiger partial charge in [-0.1, -0.05) is 18.2 Å². The predicted octanol–water partition coefficient (Wildman–Crippen LogP) is 2.38. The summed E-state index contributed by atoms with van der Waals surface area (Å²) in [5.41, 5.74) is 6.70. The Labute approximate surface area is 120 Å². The number of nitrogens with zero attached hydrogens (tertiary/aromatic N) is 1. The minimum atomic E-state index is -0.333. The number of amides is 1. The third kappa shape index (κ3) is 2.31. The van der Waals surface area contributed by atoms with Crippen molar-refractivity contribution in [2.45, 2.75) is 46.2 Å². The molecule has 108 valence electrons. The smallest absolute Gasteiger partial charge is 0.256 e. The maximum atomic E-state index is 12.0. The van der Waals surface area contributed by atoms with Gasteiger partial charge in [0, 0.05) is 11.3 Å². The molecule has 4 heteroatoms. The van der Waals surface area contributed by atoms with Gasteiger partial charge < -0.3 is 4.90 Å². The van der Waals surface area contributed by atoms with Crippen molar-refractivity contribution < 1.29 is 4.79 Å². The fraction of sp³-hybridized carbons (Fsp3) is 0.438. The van der Waals surface area contributed by atoms with Crippen LogP contribution in [0, 0.1) is 6.92 Å². The van der Waals surface area contributed by atoms with Crippen molar-refractivity contribution in [3.63, 3.8) is 0 Å². The minimum Gasteiger partial charge on any atom is -0.351 e. The molecule has 20 heavy (non-hydrogen) atoms. The molecule has 0 bridgehead atoms. The van der Waals surface area contributed by atoms with Gasteiger partial charge in [0.2, 0.25) is 0 Å². The molecule has 0 saturated heterocycles. The van der Waals surface area contributed by atoms with Crippen LogP contribution in [0.25, 0.3) is 5.57 Å². The van der Waals surface area contributed by atoms with Crippen LogP contribution in [0.15, 0.2) is 24.3 Å². The highest BCUT2D eigenvalue weighted by molar-refractivity contribution is 5.89. The van der Waals surface area contributed by atoms with Gasteiger partial charge in [-0.2, -0.15) is 0 Å². The molecule has 0 radical (unpaired) electrons. The van der Waals surface area contributed by atoms with E-state index in [-0.39, 0.29) is 17.5 Å². The van der Waals surface area contributed by atoms with Crippen molar-refractivity contribution in [1.29, 1.82) is 0 Å². The number of rotatable bonds is 2. The van der Waals surface area contributed by atoms with Gasteiger partial charge in [-0.3, -0.25) is 10.2 Å². The van der Waals surface area contributed by atoms with E-state index in [0.717, 1.165) is 5.69 Å². The molecular formula is C16H23N3O. The number of hydrogen-bond acceptors (Lipinski definition) is 3. The van der Waals surface area contributed by atoms with Gasteiger partial charge in [0.1, 0.15) is 6.04 Å². The van der Waals surface area contributed by atoms with Gasteiger partial charge in [-0.15, -0.1) is 0 Å².